The van der Waals surface area contributed by atoms with Gasteiger partial charge in [-0.05, 0) is 60.6 Å². The van der Waals surface area contributed by atoms with Crippen LogP contribution in [0.15, 0.2) is 67.0 Å². The van der Waals surface area contributed by atoms with Crippen molar-refractivity contribution in [2.45, 2.75) is 71.4 Å². The molecule has 0 spiro atoms. The standard InChI is InChI=1S/C41H37N7O6S/c1-26-44-45-36-25-53-24-33-31(20-27-8-3-2-4-9-27)35(55-41(33)48(26)36)16-14-28-21-42-46(22-28)18-6-13-38(50)54-19-7-11-29-10-5-12-30-32(29)23-47(40(30)52)34-15-17-37(49)43-39(34)51/h2-5,7-12,21-22,34H,6,13,15,17-20,23-25H2,1H3,(H,43,49,51)/b11-7+. The van der Waals surface area contributed by atoms with Gasteiger partial charge in [-0.2, -0.15) is 5.10 Å². The molecule has 6 heterocycles. The van der Waals surface area contributed by atoms with E-state index in [4.69, 9.17) is 9.47 Å². The van der Waals surface area contributed by atoms with Crippen LogP contribution in [0.4, 0.5) is 0 Å². The smallest absolute Gasteiger partial charge is 0.306 e. The molecule has 2 aromatic carbocycles. The van der Waals surface area contributed by atoms with Gasteiger partial charge in [0.05, 0.1) is 23.2 Å². The van der Waals surface area contributed by atoms with Crippen molar-refractivity contribution in [3.63, 3.8) is 0 Å². The molecule has 0 radical (unpaired) electrons. The summed E-state index contributed by atoms with van der Waals surface area (Å²) in [4.78, 5) is 52.1. The number of rotatable bonds is 10. The minimum atomic E-state index is -0.678. The van der Waals surface area contributed by atoms with Gasteiger partial charge in [-0.1, -0.05) is 60.4 Å². The van der Waals surface area contributed by atoms with Crippen molar-refractivity contribution >= 4 is 41.1 Å². The van der Waals surface area contributed by atoms with E-state index in [1.54, 1.807) is 40.4 Å². The molecule has 1 atom stereocenters. The maximum absolute atomic E-state index is 13.1. The van der Waals surface area contributed by atoms with E-state index in [0.717, 1.165) is 55.8 Å². The third-order valence-electron chi connectivity index (χ3n) is 9.87. The number of imide groups is 1. The number of esters is 1. The van der Waals surface area contributed by atoms with E-state index in [0.29, 0.717) is 38.2 Å². The average Bonchev–Trinajstić information content (AvgIpc) is 3.93. The first kappa shape index (κ1) is 35.8. The number of aryl methyl sites for hydroxylation is 2. The molecule has 3 amide bonds. The highest BCUT2D eigenvalue weighted by molar-refractivity contribution is 7.15. The predicted molar refractivity (Wildman–Crippen MR) is 202 cm³/mol. The Hall–Kier alpha value is -6.17. The molecule has 1 saturated heterocycles. The Balaban J connectivity index is 0.856. The van der Waals surface area contributed by atoms with E-state index in [9.17, 15) is 19.2 Å². The Morgan fingerprint density at radius 1 is 1.07 bits per heavy atom. The number of benzene rings is 2. The first-order chi connectivity index (χ1) is 26.8. The van der Waals surface area contributed by atoms with Crippen LogP contribution in [0.25, 0.3) is 11.1 Å². The predicted octanol–water partition coefficient (Wildman–Crippen LogP) is 4.65. The average molecular weight is 756 g/mol. The van der Waals surface area contributed by atoms with Crippen molar-refractivity contribution in [2.75, 3.05) is 6.61 Å². The topological polar surface area (TPSA) is 151 Å². The van der Waals surface area contributed by atoms with Crippen molar-refractivity contribution in [3.05, 3.63) is 122 Å². The zero-order valence-electron chi connectivity index (χ0n) is 30.1. The number of piperidine rings is 1. The lowest BCUT2D eigenvalue weighted by Gasteiger charge is -2.29. The van der Waals surface area contributed by atoms with Gasteiger partial charge >= 0.3 is 5.97 Å². The highest BCUT2D eigenvalue weighted by atomic mass is 32.1. The third-order valence-corrected chi connectivity index (χ3v) is 11.0. The number of carbonyl (C=O) groups is 4. The largest absolute Gasteiger partial charge is 0.461 e. The second-order valence-electron chi connectivity index (χ2n) is 13.6. The fraction of sp³-hybridized carbons (Fsp3) is 0.293. The van der Waals surface area contributed by atoms with E-state index >= 15 is 0 Å². The van der Waals surface area contributed by atoms with Crippen LogP contribution in [0.3, 0.4) is 0 Å². The molecule has 1 N–H and O–H groups in total. The first-order valence-corrected chi connectivity index (χ1v) is 18.9. The van der Waals surface area contributed by atoms with Gasteiger partial charge < -0.3 is 14.4 Å². The monoisotopic (exact) mass is 755 g/mol. The van der Waals surface area contributed by atoms with Crippen molar-refractivity contribution in [3.8, 4) is 16.8 Å². The molecule has 1 unspecified atom stereocenters. The van der Waals surface area contributed by atoms with Crippen LogP contribution in [0.5, 0.6) is 0 Å². The Bertz CT molecular complexity index is 2400. The van der Waals surface area contributed by atoms with Crippen molar-refractivity contribution < 1.29 is 28.7 Å². The molecule has 0 saturated carbocycles. The summed E-state index contributed by atoms with van der Waals surface area (Å²) in [5.41, 5.74) is 6.35. The van der Waals surface area contributed by atoms with Gasteiger partial charge in [0, 0.05) is 43.3 Å². The number of thiophene rings is 1. The fourth-order valence-electron chi connectivity index (χ4n) is 7.13. The van der Waals surface area contributed by atoms with E-state index in [-0.39, 0.29) is 43.8 Å². The molecule has 1 fully saturated rings. The Morgan fingerprint density at radius 3 is 2.80 bits per heavy atom. The third kappa shape index (κ3) is 7.62. The Kier molecular flexibility index (Phi) is 10.2. The van der Waals surface area contributed by atoms with Crippen LogP contribution >= 0.6 is 11.3 Å². The second-order valence-corrected chi connectivity index (χ2v) is 14.6. The SMILES string of the molecule is Cc1nnc2n1-c1sc(C#Cc3cnn(CCCC(=O)OC/C=C/c4cccc5c4CN(C4CCC(=O)NC4=O)C5=O)c3)c(Cc3ccccc3)c1COC2. The molecule has 14 heteroatoms. The van der Waals surface area contributed by atoms with Crippen LogP contribution in [0.1, 0.15) is 85.9 Å². The van der Waals surface area contributed by atoms with Crippen LogP contribution in [-0.2, 0) is 56.6 Å². The maximum Gasteiger partial charge on any atom is 0.306 e. The highest BCUT2D eigenvalue weighted by Gasteiger charge is 2.39. The molecule has 0 aliphatic carbocycles. The van der Waals surface area contributed by atoms with E-state index in [1.165, 1.54) is 10.5 Å². The summed E-state index contributed by atoms with van der Waals surface area (Å²) in [5, 5.41) is 16.4. The summed E-state index contributed by atoms with van der Waals surface area (Å²) in [6.45, 7) is 3.70. The summed E-state index contributed by atoms with van der Waals surface area (Å²) in [5.74, 6) is 6.97. The maximum atomic E-state index is 13.1. The van der Waals surface area contributed by atoms with Crippen molar-refractivity contribution in [1.29, 1.82) is 0 Å². The molecule has 55 heavy (non-hydrogen) atoms. The molecule has 3 aliphatic rings. The first-order valence-electron chi connectivity index (χ1n) is 18.1. The summed E-state index contributed by atoms with van der Waals surface area (Å²) in [6.07, 6.45) is 9.16. The molecule has 5 aromatic rings. The highest BCUT2D eigenvalue weighted by Crippen LogP contribution is 2.37. The number of aromatic nitrogens is 5. The molecule has 0 bridgehead atoms. The van der Waals surface area contributed by atoms with E-state index in [1.807, 2.05) is 43.5 Å². The minimum Gasteiger partial charge on any atom is -0.461 e. The minimum absolute atomic E-state index is 0.0809. The zero-order valence-corrected chi connectivity index (χ0v) is 30.9. The van der Waals surface area contributed by atoms with Gasteiger partial charge in [0.15, 0.2) is 5.82 Å². The van der Waals surface area contributed by atoms with Crippen LogP contribution in [-0.4, -0.2) is 65.8 Å². The van der Waals surface area contributed by atoms with Crippen molar-refractivity contribution in [2.24, 2.45) is 0 Å². The lowest BCUT2D eigenvalue weighted by molar-refractivity contribution is -0.142. The summed E-state index contributed by atoms with van der Waals surface area (Å²) in [6, 6.07) is 15.0. The summed E-state index contributed by atoms with van der Waals surface area (Å²) < 4.78 is 15.3. The van der Waals surface area contributed by atoms with Crippen molar-refractivity contribution in [1.82, 2.24) is 34.8 Å². The number of carbonyl (C=O) groups excluding carboxylic acids is 4. The number of nitrogens with one attached hydrogen (secondary N) is 1. The molecular weight excluding hydrogens is 719 g/mol. The fourth-order valence-corrected chi connectivity index (χ4v) is 8.38. The van der Waals surface area contributed by atoms with Gasteiger partial charge in [0.1, 0.15) is 30.1 Å². The van der Waals surface area contributed by atoms with Crippen LogP contribution in [0.2, 0.25) is 0 Å². The molecule has 278 valence electrons. The van der Waals surface area contributed by atoms with E-state index in [2.05, 4.69) is 49.2 Å². The van der Waals surface area contributed by atoms with Gasteiger partial charge in [0.25, 0.3) is 5.91 Å². The molecule has 3 aromatic heterocycles. The van der Waals surface area contributed by atoms with Gasteiger partial charge in [-0.3, -0.25) is 33.7 Å². The molecule has 13 nitrogen and oxygen atoms in total. The number of amides is 3. The van der Waals surface area contributed by atoms with Gasteiger partial charge in [-0.25, -0.2) is 0 Å². The van der Waals surface area contributed by atoms with E-state index < -0.39 is 11.9 Å². The molecule has 3 aliphatic heterocycles. The molecular formula is C41H37N7O6S. The van der Waals surface area contributed by atoms with Gasteiger partial charge in [-0.15, -0.1) is 21.5 Å². The number of fused-ring (bicyclic) bond motifs is 4. The number of hydrogen-bond donors (Lipinski definition) is 1. The van der Waals surface area contributed by atoms with Gasteiger partial charge in [0.2, 0.25) is 11.8 Å². The summed E-state index contributed by atoms with van der Waals surface area (Å²) in [7, 11) is 0. The number of hydrogen-bond acceptors (Lipinski definition) is 10. The number of ether oxygens (including phenoxy) is 2. The number of nitrogens with zero attached hydrogens (tertiary/aromatic N) is 6. The summed E-state index contributed by atoms with van der Waals surface area (Å²) >= 11 is 1.62. The quantitative estimate of drug-likeness (QED) is 0.122. The Morgan fingerprint density at radius 2 is 1.95 bits per heavy atom. The second kappa shape index (κ2) is 15.7. The zero-order chi connectivity index (χ0) is 37.9. The lowest BCUT2D eigenvalue weighted by Crippen LogP contribution is -2.52. The lowest BCUT2D eigenvalue weighted by atomic mass is 10.0. The van der Waals surface area contributed by atoms with Crippen LogP contribution < -0.4 is 5.32 Å². The van der Waals surface area contributed by atoms with Crippen LogP contribution in [0, 0.1) is 18.8 Å². The molecule has 8 rings (SSSR count). The Labute approximate surface area is 321 Å². The normalized spacial score (nSPS) is 16.3.